The molecule has 0 radical (unpaired) electrons. The molecular weight excluding hydrogens is 266 g/mol. The number of pyridine rings is 1. The largest absolute Gasteiger partial charge is 0.339 e. The topological polar surface area (TPSA) is 50.9 Å². The molecule has 0 saturated carbocycles. The zero-order chi connectivity index (χ0) is 11.4. The number of rotatable bonds is 3. The molecule has 3 N–H and O–H groups in total. The van der Waals surface area contributed by atoms with Crippen LogP contribution in [0.2, 0.25) is 0 Å². The molecule has 2 aromatic rings. The lowest BCUT2D eigenvalue weighted by Crippen LogP contribution is -1.97. The van der Waals surface area contributed by atoms with Gasteiger partial charge in [0.2, 0.25) is 0 Å². The molecule has 2 rings (SSSR count). The minimum atomic E-state index is 0.563. The van der Waals surface area contributed by atoms with Crippen molar-refractivity contribution in [2.45, 2.75) is 6.54 Å². The molecule has 16 heavy (non-hydrogen) atoms. The van der Waals surface area contributed by atoms with Gasteiger partial charge in [0.25, 0.3) is 0 Å². The van der Waals surface area contributed by atoms with Gasteiger partial charge in [-0.2, -0.15) is 0 Å². The SMILES string of the molecule is NCc1ccc(Nc2ncccc2Br)cc1. The molecule has 0 aliphatic rings. The molecule has 0 saturated heterocycles. The summed E-state index contributed by atoms with van der Waals surface area (Å²) in [6.45, 7) is 0.563. The summed E-state index contributed by atoms with van der Waals surface area (Å²) in [6.07, 6.45) is 1.75. The highest BCUT2D eigenvalue weighted by Crippen LogP contribution is 2.22. The van der Waals surface area contributed by atoms with Crippen LogP contribution >= 0.6 is 15.9 Å². The summed E-state index contributed by atoms with van der Waals surface area (Å²) in [4.78, 5) is 4.23. The monoisotopic (exact) mass is 277 g/mol. The Labute approximate surface area is 103 Å². The summed E-state index contributed by atoms with van der Waals surface area (Å²) >= 11 is 3.44. The quantitative estimate of drug-likeness (QED) is 0.907. The molecule has 0 aliphatic carbocycles. The van der Waals surface area contributed by atoms with Crippen LogP contribution in [-0.4, -0.2) is 4.98 Å². The van der Waals surface area contributed by atoms with Gasteiger partial charge in [-0.1, -0.05) is 12.1 Å². The molecule has 0 spiro atoms. The first kappa shape index (κ1) is 11.1. The van der Waals surface area contributed by atoms with E-state index in [2.05, 4.69) is 26.2 Å². The molecule has 1 heterocycles. The first-order valence-corrected chi connectivity index (χ1v) is 5.75. The molecule has 1 aromatic heterocycles. The van der Waals surface area contributed by atoms with Gasteiger partial charge in [-0.3, -0.25) is 0 Å². The summed E-state index contributed by atoms with van der Waals surface area (Å²) in [5.41, 5.74) is 7.65. The number of hydrogen-bond donors (Lipinski definition) is 2. The Balaban J connectivity index is 2.18. The van der Waals surface area contributed by atoms with Gasteiger partial charge in [0.1, 0.15) is 5.82 Å². The van der Waals surface area contributed by atoms with Crippen LogP contribution in [-0.2, 0) is 6.54 Å². The van der Waals surface area contributed by atoms with Gasteiger partial charge in [-0.15, -0.1) is 0 Å². The fourth-order valence-corrected chi connectivity index (χ4v) is 1.69. The van der Waals surface area contributed by atoms with Gasteiger partial charge >= 0.3 is 0 Å². The van der Waals surface area contributed by atoms with Gasteiger partial charge in [-0.25, -0.2) is 4.98 Å². The van der Waals surface area contributed by atoms with Crippen molar-refractivity contribution in [3.8, 4) is 0 Å². The lowest BCUT2D eigenvalue weighted by atomic mass is 10.2. The van der Waals surface area contributed by atoms with Gasteiger partial charge in [0.15, 0.2) is 0 Å². The van der Waals surface area contributed by atoms with Crippen LogP contribution in [0, 0.1) is 0 Å². The van der Waals surface area contributed by atoms with E-state index in [-0.39, 0.29) is 0 Å². The lowest BCUT2D eigenvalue weighted by molar-refractivity contribution is 1.07. The number of anilines is 2. The maximum Gasteiger partial charge on any atom is 0.144 e. The fraction of sp³-hybridized carbons (Fsp3) is 0.0833. The van der Waals surface area contributed by atoms with Crippen molar-refractivity contribution in [2.24, 2.45) is 5.73 Å². The van der Waals surface area contributed by atoms with E-state index < -0.39 is 0 Å². The van der Waals surface area contributed by atoms with Gasteiger partial charge in [0.05, 0.1) is 4.47 Å². The van der Waals surface area contributed by atoms with E-state index in [0.29, 0.717) is 6.54 Å². The zero-order valence-corrected chi connectivity index (χ0v) is 10.2. The van der Waals surface area contributed by atoms with Crippen LogP contribution in [0.4, 0.5) is 11.5 Å². The molecule has 0 amide bonds. The van der Waals surface area contributed by atoms with Crippen molar-refractivity contribution < 1.29 is 0 Å². The molecule has 0 aliphatic heterocycles. The lowest BCUT2D eigenvalue weighted by Gasteiger charge is -2.07. The minimum Gasteiger partial charge on any atom is -0.339 e. The molecular formula is C12H12BrN3. The highest BCUT2D eigenvalue weighted by molar-refractivity contribution is 9.10. The van der Waals surface area contributed by atoms with Crippen LogP contribution in [0.3, 0.4) is 0 Å². The van der Waals surface area contributed by atoms with E-state index in [4.69, 9.17) is 5.73 Å². The second kappa shape index (κ2) is 5.09. The Kier molecular flexibility index (Phi) is 3.54. The second-order valence-electron chi connectivity index (χ2n) is 3.36. The molecule has 0 bridgehead atoms. The standard InChI is InChI=1S/C12H12BrN3/c13-11-2-1-7-15-12(11)16-10-5-3-9(8-14)4-6-10/h1-7H,8,14H2,(H,15,16). The normalized spacial score (nSPS) is 10.1. The zero-order valence-electron chi connectivity index (χ0n) is 8.65. The molecule has 1 aromatic carbocycles. The Morgan fingerprint density at radius 2 is 1.94 bits per heavy atom. The third-order valence-corrected chi connectivity index (χ3v) is 2.85. The summed E-state index contributed by atoms with van der Waals surface area (Å²) in [6, 6.07) is 11.8. The van der Waals surface area contributed by atoms with E-state index in [9.17, 15) is 0 Å². The number of benzene rings is 1. The number of halogens is 1. The van der Waals surface area contributed by atoms with Crippen LogP contribution in [0.25, 0.3) is 0 Å². The minimum absolute atomic E-state index is 0.563. The summed E-state index contributed by atoms with van der Waals surface area (Å²) < 4.78 is 0.943. The maximum atomic E-state index is 5.54. The average Bonchev–Trinajstić information content (AvgIpc) is 2.33. The highest BCUT2D eigenvalue weighted by atomic mass is 79.9. The summed E-state index contributed by atoms with van der Waals surface area (Å²) in [5.74, 6) is 0.808. The van der Waals surface area contributed by atoms with Crippen LogP contribution in [0.5, 0.6) is 0 Å². The second-order valence-corrected chi connectivity index (χ2v) is 4.21. The molecule has 0 fully saturated rings. The smallest absolute Gasteiger partial charge is 0.144 e. The Morgan fingerprint density at radius 1 is 1.19 bits per heavy atom. The molecule has 0 unspecified atom stereocenters. The third kappa shape index (κ3) is 2.59. The number of aromatic nitrogens is 1. The highest BCUT2D eigenvalue weighted by Gasteiger charge is 2.00. The molecule has 3 nitrogen and oxygen atoms in total. The van der Waals surface area contributed by atoms with Crippen molar-refractivity contribution in [3.63, 3.8) is 0 Å². The first-order chi connectivity index (χ1) is 7.79. The van der Waals surface area contributed by atoms with E-state index in [1.165, 1.54) is 0 Å². The van der Waals surface area contributed by atoms with Crippen molar-refractivity contribution in [1.82, 2.24) is 4.98 Å². The summed E-state index contributed by atoms with van der Waals surface area (Å²) in [7, 11) is 0. The van der Waals surface area contributed by atoms with Gasteiger partial charge in [-0.05, 0) is 45.8 Å². The number of hydrogen-bond acceptors (Lipinski definition) is 3. The Morgan fingerprint density at radius 3 is 2.56 bits per heavy atom. The maximum absolute atomic E-state index is 5.54. The van der Waals surface area contributed by atoms with Crippen molar-refractivity contribution in [1.29, 1.82) is 0 Å². The van der Waals surface area contributed by atoms with E-state index in [1.807, 2.05) is 36.4 Å². The first-order valence-electron chi connectivity index (χ1n) is 4.96. The molecule has 4 heteroatoms. The van der Waals surface area contributed by atoms with Crippen molar-refractivity contribution in [2.75, 3.05) is 5.32 Å². The summed E-state index contributed by atoms with van der Waals surface area (Å²) in [5, 5.41) is 3.22. The fourth-order valence-electron chi connectivity index (χ4n) is 1.34. The van der Waals surface area contributed by atoms with Crippen LogP contribution < -0.4 is 11.1 Å². The van der Waals surface area contributed by atoms with Crippen LogP contribution in [0.15, 0.2) is 47.1 Å². The van der Waals surface area contributed by atoms with Crippen molar-refractivity contribution in [3.05, 3.63) is 52.6 Å². The third-order valence-electron chi connectivity index (χ3n) is 2.21. The predicted molar refractivity (Wildman–Crippen MR) is 69.6 cm³/mol. The van der Waals surface area contributed by atoms with Gasteiger partial charge < -0.3 is 11.1 Å². The molecule has 82 valence electrons. The Bertz CT molecular complexity index is 468. The van der Waals surface area contributed by atoms with Crippen LogP contribution in [0.1, 0.15) is 5.56 Å². The molecule has 0 atom stereocenters. The van der Waals surface area contributed by atoms with E-state index in [1.54, 1.807) is 6.20 Å². The van der Waals surface area contributed by atoms with Gasteiger partial charge in [0, 0.05) is 18.4 Å². The number of nitrogens with zero attached hydrogens (tertiary/aromatic N) is 1. The average molecular weight is 278 g/mol. The number of nitrogens with one attached hydrogen (secondary N) is 1. The van der Waals surface area contributed by atoms with E-state index in [0.717, 1.165) is 21.5 Å². The number of nitrogens with two attached hydrogens (primary N) is 1. The van der Waals surface area contributed by atoms with Crippen molar-refractivity contribution >= 4 is 27.4 Å². The predicted octanol–water partition coefficient (Wildman–Crippen LogP) is 3.05. The Hall–Kier alpha value is -1.39. The van der Waals surface area contributed by atoms with E-state index >= 15 is 0 Å².